The number of nitrogens with two attached hydrogens (primary N) is 1. The lowest BCUT2D eigenvalue weighted by atomic mass is 9.76. The maximum atomic E-state index is 12.4. The number of hydrogen-bond donors (Lipinski definition) is 2. The van der Waals surface area contributed by atoms with Gasteiger partial charge in [0.1, 0.15) is 0 Å². The van der Waals surface area contributed by atoms with E-state index in [4.69, 9.17) is 5.73 Å². The average Bonchev–Trinajstić information content (AvgIpc) is 2.29. The van der Waals surface area contributed by atoms with Crippen LogP contribution in [-0.2, 0) is 4.79 Å². The van der Waals surface area contributed by atoms with E-state index in [2.05, 4.69) is 6.92 Å². The number of amides is 1. The lowest BCUT2D eigenvalue weighted by molar-refractivity contribution is -0.140. The zero-order valence-corrected chi connectivity index (χ0v) is 10.7. The molecule has 0 aromatic carbocycles. The number of aliphatic hydroxyl groups excluding tert-OH is 1. The Labute approximate surface area is 103 Å². The number of likely N-dealkylation sites (tertiary alicyclic amines) is 1. The fourth-order valence-electron chi connectivity index (χ4n) is 3.17. The van der Waals surface area contributed by atoms with Gasteiger partial charge in [-0.05, 0) is 31.6 Å². The maximum absolute atomic E-state index is 12.4. The van der Waals surface area contributed by atoms with Crippen LogP contribution in [-0.4, -0.2) is 40.6 Å². The summed E-state index contributed by atoms with van der Waals surface area (Å²) in [6.45, 7) is 3.49. The summed E-state index contributed by atoms with van der Waals surface area (Å²) in [5.74, 6) is 0.657. The highest BCUT2D eigenvalue weighted by Gasteiger charge is 2.41. The van der Waals surface area contributed by atoms with E-state index < -0.39 is 5.54 Å². The Balaban J connectivity index is 1.98. The maximum Gasteiger partial charge on any atom is 0.242 e. The summed E-state index contributed by atoms with van der Waals surface area (Å²) in [5.41, 5.74) is 5.67. The van der Waals surface area contributed by atoms with Crippen molar-refractivity contribution in [2.45, 2.75) is 57.1 Å². The Morgan fingerprint density at radius 3 is 2.59 bits per heavy atom. The molecule has 0 aromatic heterocycles. The van der Waals surface area contributed by atoms with E-state index in [1.807, 2.05) is 4.90 Å². The summed E-state index contributed by atoms with van der Waals surface area (Å²) >= 11 is 0. The second-order valence-corrected chi connectivity index (χ2v) is 5.88. The van der Waals surface area contributed by atoms with Gasteiger partial charge in [0.05, 0.1) is 11.6 Å². The number of nitrogens with zero attached hydrogens (tertiary/aromatic N) is 1. The molecule has 2 rings (SSSR count). The van der Waals surface area contributed by atoms with Crippen molar-refractivity contribution in [1.29, 1.82) is 0 Å². The van der Waals surface area contributed by atoms with Crippen LogP contribution >= 0.6 is 0 Å². The van der Waals surface area contributed by atoms with Crippen molar-refractivity contribution in [3.63, 3.8) is 0 Å². The summed E-state index contributed by atoms with van der Waals surface area (Å²) in [5, 5.41) is 9.46. The van der Waals surface area contributed by atoms with E-state index in [0.717, 1.165) is 19.3 Å². The summed E-state index contributed by atoms with van der Waals surface area (Å²) in [4.78, 5) is 14.3. The molecule has 2 unspecified atom stereocenters. The van der Waals surface area contributed by atoms with Crippen LogP contribution in [0.3, 0.4) is 0 Å². The first kappa shape index (κ1) is 12.8. The van der Waals surface area contributed by atoms with E-state index in [1.54, 1.807) is 0 Å². The summed E-state index contributed by atoms with van der Waals surface area (Å²) < 4.78 is 0. The lowest BCUT2D eigenvalue weighted by Gasteiger charge is -2.41. The van der Waals surface area contributed by atoms with Crippen LogP contribution in [0, 0.1) is 5.92 Å². The molecule has 1 aliphatic carbocycles. The predicted molar refractivity (Wildman–Crippen MR) is 66.4 cm³/mol. The van der Waals surface area contributed by atoms with Crippen LogP contribution in [0.15, 0.2) is 0 Å². The number of carbonyl (C=O) groups excluding carboxylic acids is 1. The second-order valence-electron chi connectivity index (χ2n) is 5.88. The van der Waals surface area contributed by atoms with Crippen LogP contribution in [0.5, 0.6) is 0 Å². The molecular weight excluding hydrogens is 216 g/mol. The molecule has 0 aromatic rings. The van der Waals surface area contributed by atoms with Crippen LogP contribution in [0.25, 0.3) is 0 Å². The van der Waals surface area contributed by atoms with Crippen molar-refractivity contribution in [3.8, 4) is 0 Å². The molecule has 3 N–H and O–H groups in total. The van der Waals surface area contributed by atoms with Gasteiger partial charge in [0, 0.05) is 13.1 Å². The first-order valence-corrected chi connectivity index (χ1v) is 6.77. The topological polar surface area (TPSA) is 66.6 Å². The molecule has 4 nitrogen and oxygen atoms in total. The normalized spacial score (nSPS) is 35.9. The molecular formula is C13H24N2O2. The zero-order chi connectivity index (χ0) is 12.5. The first-order chi connectivity index (χ1) is 8.01. The molecule has 1 aliphatic heterocycles. The van der Waals surface area contributed by atoms with Gasteiger partial charge in [0.25, 0.3) is 0 Å². The number of piperidine rings is 1. The van der Waals surface area contributed by atoms with Gasteiger partial charge in [0.15, 0.2) is 0 Å². The van der Waals surface area contributed by atoms with Gasteiger partial charge in [-0.3, -0.25) is 4.79 Å². The van der Waals surface area contributed by atoms with E-state index in [1.165, 1.54) is 6.42 Å². The third kappa shape index (κ3) is 2.80. The monoisotopic (exact) mass is 240 g/mol. The van der Waals surface area contributed by atoms with Crippen LogP contribution in [0.1, 0.15) is 45.4 Å². The third-order valence-corrected chi connectivity index (χ3v) is 4.21. The lowest BCUT2D eigenvalue weighted by Crippen LogP contribution is -2.58. The molecule has 0 bridgehead atoms. The van der Waals surface area contributed by atoms with Gasteiger partial charge in [-0.1, -0.05) is 19.8 Å². The van der Waals surface area contributed by atoms with Crippen LogP contribution < -0.4 is 5.73 Å². The Bertz CT molecular complexity index is 287. The Hall–Kier alpha value is -0.610. The van der Waals surface area contributed by atoms with Crippen molar-refractivity contribution in [2.24, 2.45) is 11.7 Å². The third-order valence-electron chi connectivity index (χ3n) is 4.21. The fraction of sp³-hybridized carbons (Fsp3) is 0.923. The van der Waals surface area contributed by atoms with Crippen molar-refractivity contribution in [2.75, 3.05) is 13.1 Å². The Kier molecular flexibility index (Phi) is 3.73. The summed E-state index contributed by atoms with van der Waals surface area (Å²) in [6, 6.07) is 0. The van der Waals surface area contributed by atoms with Gasteiger partial charge < -0.3 is 15.7 Å². The molecule has 0 spiro atoms. The molecule has 1 saturated carbocycles. The van der Waals surface area contributed by atoms with E-state index in [-0.39, 0.29) is 12.0 Å². The highest BCUT2D eigenvalue weighted by atomic mass is 16.3. The van der Waals surface area contributed by atoms with Gasteiger partial charge in [0.2, 0.25) is 5.91 Å². The largest absolute Gasteiger partial charge is 0.393 e. The zero-order valence-electron chi connectivity index (χ0n) is 10.7. The molecule has 17 heavy (non-hydrogen) atoms. The van der Waals surface area contributed by atoms with E-state index in [9.17, 15) is 9.90 Å². The van der Waals surface area contributed by atoms with Crippen molar-refractivity contribution in [3.05, 3.63) is 0 Å². The number of hydrogen-bond acceptors (Lipinski definition) is 3. The highest BCUT2D eigenvalue weighted by molar-refractivity contribution is 5.86. The summed E-state index contributed by atoms with van der Waals surface area (Å²) in [7, 11) is 0. The first-order valence-electron chi connectivity index (χ1n) is 6.77. The smallest absolute Gasteiger partial charge is 0.242 e. The minimum absolute atomic E-state index is 0.107. The minimum atomic E-state index is -0.639. The van der Waals surface area contributed by atoms with Gasteiger partial charge >= 0.3 is 0 Å². The molecule has 2 atom stereocenters. The number of rotatable bonds is 1. The van der Waals surface area contributed by atoms with E-state index >= 15 is 0 Å². The van der Waals surface area contributed by atoms with Crippen molar-refractivity contribution >= 4 is 5.91 Å². The predicted octanol–water partition coefficient (Wildman–Crippen LogP) is 0.877. The van der Waals surface area contributed by atoms with Crippen LogP contribution in [0.4, 0.5) is 0 Å². The Morgan fingerprint density at radius 1 is 1.35 bits per heavy atom. The molecule has 1 amide bonds. The molecule has 1 saturated heterocycles. The van der Waals surface area contributed by atoms with Crippen molar-refractivity contribution in [1.82, 2.24) is 4.90 Å². The standard InChI is InChI=1S/C13H24N2O2/c1-10-3-2-6-13(14,9-10)12(17)15-7-4-11(16)5-8-15/h10-11,16H,2-9,14H2,1H3. The van der Waals surface area contributed by atoms with E-state index in [0.29, 0.717) is 31.8 Å². The molecule has 98 valence electrons. The van der Waals surface area contributed by atoms with Crippen LogP contribution in [0.2, 0.25) is 0 Å². The van der Waals surface area contributed by atoms with Gasteiger partial charge in [-0.2, -0.15) is 0 Å². The molecule has 0 radical (unpaired) electrons. The fourth-order valence-corrected chi connectivity index (χ4v) is 3.17. The highest BCUT2D eigenvalue weighted by Crippen LogP contribution is 2.32. The summed E-state index contributed by atoms with van der Waals surface area (Å²) in [6.07, 6.45) is 5.01. The molecule has 4 heteroatoms. The molecule has 2 aliphatic rings. The van der Waals surface area contributed by atoms with Gasteiger partial charge in [-0.25, -0.2) is 0 Å². The number of aliphatic hydroxyl groups is 1. The molecule has 2 fully saturated rings. The molecule has 1 heterocycles. The average molecular weight is 240 g/mol. The minimum Gasteiger partial charge on any atom is -0.393 e. The van der Waals surface area contributed by atoms with Crippen molar-refractivity contribution < 1.29 is 9.90 Å². The quantitative estimate of drug-likeness (QED) is 0.715. The number of carbonyl (C=O) groups is 1. The van der Waals surface area contributed by atoms with Gasteiger partial charge in [-0.15, -0.1) is 0 Å². The SMILES string of the molecule is CC1CCCC(N)(C(=O)N2CCC(O)CC2)C1. The Morgan fingerprint density at radius 2 is 2.00 bits per heavy atom. The second kappa shape index (κ2) is 4.94.